The number of aliphatic hydroxyl groups excluding tert-OH is 1. The largest absolute Gasteiger partial charge is 0.396 e. The first-order valence-electron chi connectivity index (χ1n) is 7.36. The molecule has 2 rings (SSSR count). The Bertz CT molecular complexity index is 693. The van der Waals surface area contributed by atoms with Gasteiger partial charge in [0.1, 0.15) is 5.56 Å². The number of aromatic nitrogens is 2. The molecule has 0 saturated heterocycles. The average Bonchev–Trinajstić information content (AvgIpc) is 2.94. The smallest absolute Gasteiger partial charge is 0.271 e. The van der Waals surface area contributed by atoms with E-state index in [0.29, 0.717) is 23.8 Å². The molecule has 2 aromatic rings. The van der Waals surface area contributed by atoms with Gasteiger partial charge < -0.3 is 10.4 Å². The Balaban J connectivity index is 2.06. The predicted octanol–water partition coefficient (Wildman–Crippen LogP) is 1.53. The van der Waals surface area contributed by atoms with Crippen LogP contribution < -0.4 is 10.9 Å². The van der Waals surface area contributed by atoms with Crippen LogP contribution in [0.3, 0.4) is 0 Å². The van der Waals surface area contributed by atoms with Gasteiger partial charge in [-0.05, 0) is 24.7 Å². The minimum atomic E-state index is -0.412. The summed E-state index contributed by atoms with van der Waals surface area (Å²) >= 11 is 1.35. The van der Waals surface area contributed by atoms with Crippen LogP contribution in [0, 0.1) is 11.8 Å². The number of nitrogens with zero attached hydrogens (tertiary/aromatic N) is 2. The number of fused-ring (bicyclic) bond motifs is 1. The molecule has 0 aliphatic heterocycles. The lowest BCUT2D eigenvalue weighted by Gasteiger charge is -2.18. The van der Waals surface area contributed by atoms with Gasteiger partial charge >= 0.3 is 0 Å². The van der Waals surface area contributed by atoms with Crippen molar-refractivity contribution in [1.82, 2.24) is 14.7 Å². The summed E-state index contributed by atoms with van der Waals surface area (Å²) in [6.45, 7) is 4.75. The van der Waals surface area contributed by atoms with E-state index in [4.69, 9.17) is 5.11 Å². The van der Waals surface area contributed by atoms with Crippen LogP contribution in [-0.2, 0) is 0 Å². The van der Waals surface area contributed by atoms with E-state index in [1.807, 2.05) is 0 Å². The summed E-state index contributed by atoms with van der Waals surface area (Å²) in [6, 6.07) is 0. The van der Waals surface area contributed by atoms with E-state index < -0.39 is 5.91 Å². The fourth-order valence-electron chi connectivity index (χ4n) is 2.47. The number of nitrogens with one attached hydrogen (secondary N) is 1. The van der Waals surface area contributed by atoms with Crippen molar-refractivity contribution in [2.24, 2.45) is 11.8 Å². The lowest BCUT2D eigenvalue weighted by Crippen LogP contribution is -2.34. The molecular formula is C15H21N3O3S. The van der Waals surface area contributed by atoms with Crippen LogP contribution in [0.15, 0.2) is 22.6 Å². The minimum Gasteiger partial charge on any atom is -0.396 e. The summed E-state index contributed by atoms with van der Waals surface area (Å²) in [7, 11) is 0. The quantitative estimate of drug-likeness (QED) is 0.809. The number of hydrogen-bond donors (Lipinski definition) is 2. The Labute approximate surface area is 132 Å². The molecule has 7 heteroatoms. The molecule has 0 spiro atoms. The maximum atomic E-state index is 12.2. The fraction of sp³-hybridized carbons (Fsp3) is 0.533. The third kappa shape index (κ3) is 3.92. The molecule has 1 unspecified atom stereocenters. The summed E-state index contributed by atoms with van der Waals surface area (Å²) in [5, 5.41) is 13.6. The molecule has 0 fully saturated rings. The van der Waals surface area contributed by atoms with E-state index in [1.165, 1.54) is 21.9 Å². The van der Waals surface area contributed by atoms with Gasteiger partial charge in [-0.25, -0.2) is 4.98 Å². The minimum absolute atomic E-state index is 0.0446. The molecule has 1 amide bonds. The van der Waals surface area contributed by atoms with Crippen molar-refractivity contribution in [3.8, 4) is 0 Å². The first-order chi connectivity index (χ1) is 10.5. The molecule has 6 nitrogen and oxygen atoms in total. The summed E-state index contributed by atoms with van der Waals surface area (Å²) < 4.78 is 1.37. The second kappa shape index (κ2) is 7.51. The molecule has 1 atom stereocenters. The predicted molar refractivity (Wildman–Crippen MR) is 86.3 cm³/mol. The van der Waals surface area contributed by atoms with Gasteiger partial charge in [-0.1, -0.05) is 13.8 Å². The summed E-state index contributed by atoms with van der Waals surface area (Å²) in [6.07, 6.45) is 4.49. The standard InChI is InChI=1S/C15H21N3O3S/c1-10(2)7-11(3-5-19)8-16-13(20)12-9-17-15-18(14(12)21)4-6-22-15/h4,6,9-11,19H,3,5,7-8H2,1-2H3,(H,16,20). The zero-order valence-electron chi connectivity index (χ0n) is 12.8. The molecule has 0 aromatic carbocycles. The summed E-state index contributed by atoms with van der Waals surface area (Å²) in [4.78, 5) is 29.1. The Morgan fingerprint density at radius 3 is 2.95 bits per heavy atom. The van der Waals surface area contributed by atoms with Crippen LogP contribution in [0.1, 0.15) is 37.0 Å². The maximum absolute atomic E-state index is 12.2. The number of carbonyl (C=O) groups is 1. The van der Waals surface area contributed by atoms with Crippen LogP contribution in [0.5, 0.6) is 0 Å². The molecule has 0 saturated carbocycles. The number of carbonyl (C=O) groups excluding carboxylic acids is 1. The Kier molecular flexibility index (Phi) is 5.68. The van der Waals surface area contributed by atoms with Crippen LogP contribution >= 0.6 is 11.3 Å². The second-order valence-corrected chi connectivity index (χ2v) is 6.62. The third-order valence-electron chi connectivity index (χ3n) is 3.48. The lowest BCUT2D eigenvalue weighted by molar-refractivity contribution is 0.0939. The summed E-state index contributed by atoms with van der Waals surface area (Å²) in [5.74, 6) is 0.280. The van der Waals surface area contributed by atoms with Gasteiger partial charge in [-0.3, -0.25) is 14.0 Å². The van der Waals surface area contributed by atoms with E-state index >= 15 is 0 Å². The Hall–Kier alpha value is -1.73. The highest BCUT2D eigenvalue weighted by atomic mass is 32.1. The third-order valence-corrected chi connectivity index (χ3v) is 4.25. The zero-order valence-corrected chi connectivity index (χ0v) is 13.6. The zero-order chi connectivity index (χ0) is 16.1. The van der Waals surface area contributed by atoms with Gasteiger partial charge in [0.05, 0.1) is 0 Å². The molecule has 2 aromatic heterocycles. The van der Waals surface area contributed by atoms with E-state index in [2.05, 4.69) is 24.1 Å². The molecule has 0 radical (unpaired) electrons. The molecular weight excluding hydrogens is 302 g/mol. The Morgan fingerprint density at radius 2 is 2.27 bits per heavy atom. The van der Waals surface area contributed by atoms with Gasteiger partial charge in [0.2, 0.25) is 0 Å². The second-order valence-electron chi connectivity index (χ2n) is 5.75. The maximum Gasteiger partial charge on any atom is 0.271 e. The van der Waals surface area contributed by atoms with Crippen LogP contribution in [0.2, 0.25) is 0 Å². The van der Waals surface area contributed by atoms with Gasteiger partial charge in [-0.2, -0.15) is 0 Å². The van der Waals surface area contributed by atoms with Gasteiger partial charge in [0.25, 0.3) is 11.5 Å². The number of thiazole rings is 1. The van der Waals surface area contributed by atoms with Crippen molar-refractivity contribution < 1.29 is 9.90 Å². The van der Waals surface area contributed by atoms with Crippen molar-refractivity contribution in [1.29, 1.82) is 0 Å². The van der Waals surface area contributed by atoms with Crippen molar-refractivity contribution in [3.63, 3.8) is 0 Å². The molecule has 0 bridgehead atoms. The summed E-state index contributed by atoms with van der Waals surface area (Å²) in [5.41, 5.74) is -0.311. The highest BCUT2D eigenvalue weighted by molar-refractivity contribution is 7.15. The van der Waals surface area contributed by atoms with Crippen molar-refractivity contribution in [2.75, 3.05) is 13.2 Å². The molecule has 22 heavy (non-hydrogen) atoms. The molecule has 2 heterocycles. The monoisotopic (exact) mass is 323 g/mol. The van der Waals surface area contributed by atoms with Crippen LogP contribution in [0.25, 0.3) is 4.96 Å². The van der Waals surface area contributed by atoms with E-state index in [0.717, 1.165) is 6.42 Å². The van der Waals surface area contributed by atoms with Gasteiger partial charge in [0.15, 0.2) is 4.96 Å². The van der Waals surface area contributed by atoms with E-state index in [-0.39, 0.29) is 23.6 Å². The highest BCUT2D eigenvalue weighted by Crippen LogP contribution is 2.14. The number of amides is 1. The SMILES string of the molecule is CC(C)CC(CCO)CNC(=O)c1cnc2sccn2c1=O. The topological polar surface area (TPSA) is 83.7 Å². The molecule has 0 aliphatic rings. The van der Waals surface area contributed by atoms with Crippen LogP contribution in [-0.4, -0.2) is 33.6 Å². The normalized spacial score (nSPS) is 12.7. The number of rotatable bonds is 7. The molecule has 0 aliphatic carbocycles. The first-order valence-corrected chi connectivity index (χ1v) is 8.24. The fourth-order valence-corrected chi connectivity index (χ4v) is 3.14. The van der Waals surface area contributed by atoms with Gasteiger partial charge in [-0.15, -0.1) is 11.3 Å². The van der Waals surface area contributed by atoms with Gasteiger partial charge in [0, 0.05) is 30.9 Å². The van der Waals surface area contributed by atoms with E-state index in [9.17, 15) is 9.59 Å². The number of hydrogen-bond acceptors (Lipinski definition) is 5. The van der Waals surface area contributed by atoms with Crippen molar-refractivity contribution in [3.05, 3.63) is 33.7 Å². The van der Waals surface area contributed by atoms with Crippen molar-refractivity contribution >= 4 is 22.2 Å². The number of aliphatic hydroxyl groups is 1. The lowest BCUT2D eigenvalue weighted by atomic mass is 9.94. The van der Waals surface area contributed by atoms with Crippen LogP contribution in [0.4, 0.5) is 0 Å². The molecule has 120 valence electrons. The Morgan fingerprint density at radius 1 is 1.50 bits per heavy atom. The van der Waals surface area contributed by atoms with Crippen molar-refractivity contribution in [2.45, 2.75) is 26.7 Å². The first kappa shape index (κ1) is 16.6. The molecule has 2 N–H and O–H groups in total. The van der Waals surface area contributed by atoms with E-state index in [1.54, 1.807) is 11.6 Å². The average molecular weight is 323 g/mol. The highest BCUT2D eigenvalue weighted by Gasteiger charge is 2.16.